The van der Waals surface area contributed by atoms with Gasteiger partial charge in [-0.25, -0.2) is 0 Å². The smallest absolute Gasteiger partial charge is 0.273 e. The number of carbonyl (C=O) groups is 2. The monoisotopic (exact) mass is 362 g/mol. The number of fused-ring (bicyclic) bond motifs is 1. The molecule has 0 atom stereocenters. The summed E-state index contributed by atoms with van der Waals surface area (Å²) < 4.78 is 0.719. The van der Waals surface area contributed by atoms with Gasteiger partial charge in [-0.15, -0.1) is 11.3 Å². The summed E-state index contributed by atoms with van der Waals surface area (Å²) in [4.78, 5) is 23.9. The minimum absolute atomic E-state index is 0.0106. The molecule has 2 N–H and O–H groups in total. The highest BCUT2D eigenvalue weighted by Gasteiger charge is 2.30. The number of hydrazine groups is 1. The minimum atomic E-state index is -0.470. The highest BCUT2D eigenvalue weighted by Crippen LogP contribution is 2.41. The summed E-state index contributed by atoms with van der Waals surface area (Å²) in [5, 5.41) is 1.71. The summed E-state index contributed by atoms with van der Waals surface area (Å²) in [6, 6.07) is 3.26. The maximum absolute atomic E-state index is 12.1. The molecule has 1 aromatic heterocycles. The fourth-order valence-corrected chi connectivity index (χ4v) is 4.15. The number of amides is 2. The van der Waals surface area contributed by atoms with Gasteiger partial charge in [0.1, 0.15) is 4.88 Å². The lowest BCUT2D eigenvalue weighted by Gasteiger charge is -2.05. The first-order valence-electron chi connectivity index (χ1n) is 6.14. The van der Waals surface area contributed by atoms with Crippen LogP contribution in [-0.4, -0.2) is 11.8 Å². The third kappa shape index (κ3) is 2.97. The van der Waals surface area contributed by atoms with Crippen molar-refractivity contribution in [1.29, 1.82) is 0 Å². The van der Waals surface area contributed by atoms with E-state index >= 15 is 0 Å². The Hall–Kier alpha value is -1.01. The van der Waals surface area contributed by atoms with Crippen LogP contribution in [-0.2, 0) is 4.79 Å². The fraction of sp³-hybridized carbons (Fsp3) is 0.231. The molecule has 1 aliphatic rings. The molecular formula is C13H9Cl3N2O2S. The van der Waals surface area contributed by atoms with Gasteiger partial charge in [0.15, 0.2) is 0 Å². The van der Waals surface area contributed by atoms with Gasteiger partial charge in [0.05, 0.1) is 10.0 Å². The minimum Gasteiger partial charge on any atom is -0.273 e. The van der Waals surface area contributed by atoms with E-state index in [1.165, 1.54) is 11.3 Å². The molecule has 110 valence electrons. The van der Waals surface area contributed by atoms with Gasteiger partial charge in [-0.05, 0) is 25.0 Å². The van der Waals surface area contributed by atoms with Crippen LogP contribution in [0.15, 0.2) is 12.1 Å². The van der Waals surface area contributed by atoms with Crippen LogP contribution < -0.4 is 10.9 Å². The van der Waals surface area contributed by atoms with E-state index in [2.05, 4.69) is 10.9 Å². The van der Waals surface area contributed by atoms with Crippen LogP contribution in [0.4, 0.5) is 0 Å². The number of rotatable bonds is 2. The molecule has 1 saturated carbocycles. The van der Waals surface area contributed by atoms with E-state index in [4.69, 9.17) is 34.8 Å². The molecule has 0 aliphatic heterocycles. The third-order valence-electron chi connectivity index (χ3n) is 3.10. The highest BCUT2D eigenvalue weighted by molar-refractivity contribution is 7.21. The van der Waals surface area contributed by atoms with E-state index in [0.717, 1.165) is 17.5 Å². The van der Waals surface area contributed by atoms with Gasteiger partial charge in [-0.2, -0.15) is 0 Å². The van der Waals surface area contributed by atoms with Crippen molar-refractivity contribution in [1.82, 2.24) is 10.9 Å². The molecule has 0 bridgehead atoms. The predicted octanol–water partition coefficient (Wildman–Crippen LogP) is 4.03. The van der Waals surface area contributed by atoms with E-state index in [0.29, 0.717) is 15.4 Å². The second-order valence-electron chi connectivity index (χ2n) is 4.72. The maximum atomic E-state index is 12.1. The number of nitrogens with one attached hydrogen (secondary N) is 2. The normalized spacial score (nSPS) is 14.2. The van der Waals surface area contributed by atoms with Crippen LogP contribution in [0.3, 0.4) is 0 Å². The first-order chi connectivity index (χ1) is 9.97. The fourth-order valence-electron chi connectivity index (χ4n) is 1.88. The van der Waals surface area contributed by atoms with Crippen molar-refractivity contribution in [2.75, 3.05) is 0 Å². The van der Waals surface area contributed by atoms with Gasteiger partial charge in [-0.1, -0.05) is 34.8 Å². The second kappa shape index (κ2) is 5.65. The van der Waals surface area contributed by atoms with Crippen molar-refractivity contribution in [2.24, 2.45) is 5.92 Å². The average molecular weight is 364 g/mol. The zero-order valence-corrected chi connectivity index (χ0v) is 13.6. The topological polar surface area (TPSA) is 58.2 Å². The Morgan fingerprint density at radius 2 is 1.86 bits per heavy atom. The summed E-state index contributed by atoms with van der Waals surface area (Å²) in [6.45, 7) is 0. The molecule has 1 aromatic carbocycles. The number of carbonyl (C=O) groups excluding carboxylic acids is 2. The largest absolute Gasteiger partial charge is 0.281 e. The lowest BCUT2D eigenvalue weighted by Crippen LogP contribution is -2.42. The van der Waals surface area contributed by atoms with Crippen molar-refractivity contribution in [3.63, 3.8) is 0 Å². The molecule has 3 rings (SSSR count). The van der Waals surface area contributed by atoms with Crippen LogP contribution in [0.25, 0.3) is 10.1 Å². The van der Waals surface area contributed by atoms with Gasteiger partial charge in [0, 0.05) is 21.0 Å². The summed E-state index contributed by atoms with van der Waals surface area (Å²) >= 11 is 19.4. The number of hydrogen-bond acceptors (Lipinski definition) is 3. The Balaban J connectivity index is 1.85. The van der Waals surface area contributed by atoms with Crippen LogP contribution >= 0.6 is 46.1 Å². The van der Waals surface area contributed by atoms with Crippen molar-refractivity contribution < 1.29 is 9.59 Å². The van der Waals surface area contributed by atoms with E-state index in [1.807, 2.05) is 0 Å². The van der Waals surface area contributed by atoms with E-state index < -0.39 is 5.91 Å². The number of thiophene rings is 1. The zero-order chi connectivity index (χ0) is 15.1. The SMILES string of the molecule is O=C(NNC(=O)C1CC1)c1sc2cc(Cl)cc(Cl)c2c1Cl. The molecule has 1 heterocycles. The number of halogens is 3. The molecule has 1 fully saturated rings. The quantitative estimate of drug-likeness (QED) is 0.791. The second-order valence-corrected chi connectivity index (χ2v) is 7.00. The molecule has 0 spiro atoms. The molecule has 0 radical (unpaired) electrons. The first-order valence-corrected chi connectivity index (χ1v) is 8.09. The molecule has 4 nitrogen and oxygen atoms in total. The van der Waals surface area contributed by atoms with Gasteiger partial charge < -0.3 is 0 Å². The van der Waals surface area contributed by atoms with Crippen LogP contribution in [0.1, 0.15) is 22.5 Å². The highest BCUT2D eigenvalue weighted by atomic mass is 35.5. The molecule has 0 unspecified atom stereocenters. The Labute approximate surface area is 139 Å². The Morgan fingerprint density at radius 1 is 1.14 bits per heavy atom. The summed E-state index contributed by atoms with van der Waals surface area (Å²) in [5.74, 6) is -0.638. The van der Waals surface area contributed by atoms with Crippen LogP contribution in [0.2, 0.25) is 15.1 Å². The zero-order valence-electron chi connectivity index (χ0n) is 10.5. The molecular weight excluding hydrogens is 355 g/mol. The van der Waals surface area contributed by atoms with Gasteiger partial charge in [0.25, 0.3) is 5.91 Å². The summed E-state index contributed by atoms with van der Waals surface area (Å²) in [5.41, 5.74) is 4.76. The van der Waals surface area contributed by atoms with Crippen molar-refractivity contribution in [3.05, 3.63) is 32.1 Å². The predicted molar refractivity (Wildman–Crippen MR) is 85.2 cm³/mol. The van der Waals surface area contributed by atoms with Gasteiger partial charge >= 0.3 is 0 Å². The average Bonchev–Trinajstić information content (AvgIpc) is 3.20. The number of benzene rings is 1. The molecule has 2 aromatic rings. The molecule has 8 heteroatoms. The van der Waals surface area contributed by atoms with E-state index in [-0.39, 0.29) is 21.7 Å². The number of hydrogen-bond donors (Lipinski definition) is 2. The van der Waals surface area contributed by atoms with Gasteiger partial charge in [0.2, 0.25) is 5.91 Å². The van der Waals surface area contributed by atoms with Crippen LogP contribution in [0, 0.1) is 5.92 Å². The van der Waals surface area contributed by atoms with E-state index in [9.17, 15) is 9.59 Å². The summed E-state index contributed by atoms with van der Waals surface area (Å²) in [7, 11) is 0. The van der Waals surface area contributed by atoms with Crippen LogP contribution in [0.5, 0.6) is 0 Å². The Morgan fingerprint density at radius 3 is 2.52 bits per heavy atom. The summed E-state index contributed by atoms with van der Waals surface area (Å²) in [6.07, 6.45) is 1.72. The maximum Gasteiger partial charge on any atom is 0.281 e. The Kier molecular flexibility index (Phi) is 4.01. The molecule has 21 heavy (non-hydrogen) atoms. The molecule has 2 amide bonds. The van der Waals surface area contributed by atoms with Crippen molar-refractivity contribution in [3.8, 4) is 0 Å². The van der Waals surface area contributed by atoms with Gasteiger partial charge in [-0.3, -0.25) is 20.4 Å². The third-order valence-corrected chi connectivity index (χ3v) is 5.25. The first kappa shape index (κ1) is 14.9. The standard InChI is InChI=1S/C13H9Cl3N2O2S/c14-6-3-7(15)9-8(4-6)21-11(10(9)16)13(20)18-17-12(19)5-1-2-5/h3-5H,1-2H2,(H,17,19)(H,18,20). The lowest BCUT2D eigenvalue weighted by atomic mass is 10.2. The Bertz CT molecular complexity index is 755. The molecule has 0 saturated heterocycles. The van der Waals surface area contributed by atoms with E-state index in [1.54, 1.807) is 12.1 Å². The van der Waals surface area contributed by atoms with Crippen molar-refractivity contribution in [2.45, 2.75) is 12.8 Å². The van der Waals surface area contributed by atoms with Crippen molar-refractivity contribution >= 4 is 68.0 Å². The lowest BCUT2D eigenvalue weighted by molar-refractivity contribution is -0.123. The molecule has 1 aliphatic carbocycles.